The molecule has 1 aliphatic heterocycles. The predicted octanol–water partition coefficient (Wildman–Crippen LogP) is 0.800. The monoisotopic (exact) mass is 204 g/mol. The minimum Gasteiger partial charge on any atom is -0.465 e. The molecule has 82 valence electrons. The topological polar surface area (TPSA) is 7.68 Å². The lowest BCUT2D eigenvalue weighted by Gasteiger charge is -2.36. The van der Waals surface area contributed by atoms with Crippen molar-refractivity contribution in [1.29, 1.82) is 0 Å². The maximum atomic E-state index is 4.05. The molecule has 2 nitrogen and oxygen atoms in total. The van der Waals surface area contributed by atoms with Crippen LogP contribution in [0, 0.1) is 20.9 Å². The Morgan fingerprint density at radius 1 is 1.20 bits per heavy atom. The standard InChI is InChI=1S/C13H20N2/c1-11-4-5-13(12(2)10-11)15-8-6-14(3)7-9-15/h4-5,10,14H,3,6-9H2,1-2H3. The number of piperazine rings is 1. The van der Waals surface area contributed by atoms with Crippen LogP contribution in [0.15, 0.2) is 18.2 Å². The Labute approximate surface area is 92.5 Å². The summed E-state index contributed by atoms with van der Waals surface area (Å²) in [7, 11) is 4.05. The number of hydrogen-bond donors (Lipinski definition) is 1. The SMILES string of the molecule is [CH2-][NH+]1CCN(c2ccc(C)cc2C)CC1. The summed E-state index contributed by atoms with van der Waals surface area (Å²) in [6.07, 6.45) is 0. The molecule has 0 bridgehead atoms. The van der Waals surface area contributed by atoms with Crippen LogP contribution in [-0.2, 0) is 0 Å². The number of nitrogens with zero attached hydrogens (tertiary/aromatic N) is 1. The van der Waals surface area contributed by atoms with Gasteiger partial charge in [0.15, 0.2) is 0 Å². The predicted molar refractivity (Wildman–Crippen MR) is 64.2 cm³/mol. The Morgan fingerprint density at radius 3 is 2.47 bits per heavy atom. The van der Waals surface area contributed by atoms with Crippen molar-refractivity contribution in [3.05, 3.63) is 36.4 Å². The van der Waals surface area contributed by atoms with E-state index in [1.807, 2.05) is 0 Å². The van der Waals surface area contributed by atoms with Crippen LogP contribution in [0.2, 0.25) is 0 Å². The minimum absolute atomic E-state index is 1.13. The normalized spacial score (nSPS) is 18.2. The van der Waals surface area contributed by atoms with Gasteiger partial charge in [0, 0.05) is 5.69 Å². The summed E-state index contributed by atoms with van der Waals surface area (Å²) in [5.41, 5.74) is 4.13. The van der Waals surface area contributed by atoms with E-state index in [0.29, 0.717) is 0 Å². The molecule has 1 aromatic carbocycles. The van der Waals surface area contributed by atoms with Gasteiger partial charge >= 0.3 is 0 Å². The summed E-state index contributed by atoms with van der Waals surface area (Å²) in [5.74, 6) is 0. The maximum absolute atomic E-state index is 4.05. The second kappa shape index (κ2) is 4.23. The fourth-order valence-electron chi connectivity index (χ4n) is 2.22. The lowest BCUT2D eigenvalue weighted by molar-refractivity contribution is -0.854. The van der Waals surface area contributed by atoms with Gasteiger partial charge in [0.25, 0.3) is 0 Å². The van der Waals surface area contributed by atoms with Crippen molar-refractivity contribution in [2.75, 3.05) is 31.1 Å². The van der Waals surface area contributed by atoms with Crippen LogP contribution in [0.1, 0.15) is 11.1 Å². The highest BCUT2D eigenvalue weighted by Gasteiger charge is 2.15. The van der Waals surface area contributed by atoms with Crippen LogP contribution in [0.5, 0.6) is 0 Å². The molecule has 0 aliphatic carbocycles. The minimum atomic E-state index is 1.13. The van der Waals surface area contributed by atoms with E-state index in [9.17, 15) is 0 Å². The molecule has 0 atom stereocenters. The van der Waals surface area contributed by atoms with Crippen LogP contribution in [0.4, 0.5) is 5.69 Å². The zero-order valence-corrected chi connectivity index (χ0v) is 9.71. The smallest absolute Gasteiger partial charge is 0.0709 e. The summed E-state index contributed by atoms with van der Waals surface area (Å²) in [6, 6.07) is 6.71. The van der Waals surface area contributed by atoms with Crippen molar-refractivity contribution in [3.8, 4) is 0 Å². The van der Waals surface area contributed by atoms with Gasteiger partial charge in [-0.3, -0.25) is 0 Å². The summed E-state index contributed by atoms with van der Waals surface area (Å²) in [6.45, 7) is 8.90. The fraction of sp³-hybridized carbons (Fsp3) is 0.462. The van der Waals surface area contributed by atoms with Gasteiger partial charge in [-0.05, 0) is 25.5 Å². The number of nitrogens with one attached hydrogen (secondary N) is 1. The van der Waals surface area contributed by atoms with Gasteiger partial charge in [-0.2, -0.15) is 7.05 Å². The summed E-state index contributed by atoms with van der Waals surface area (Å²) >= 11 is 0. The molecule has 0 aromatic heterocycles. The number of rotatable bonds is 1. The molecule has 1 N–H and O–H groups in total. The number of aryl methyl sites for hydroxylation is 2. The van der Waals surface area contributed by atoms with Crippen LogP contribution < -0.4 is 9.80 Å². The molecule has 1 aromatic rings. The molecule has 1 fully saturated rings. The van der Waals surface area contributed by atoms with Gasteiger partial charge in [-0.1, -0.05) is 17.7 Å². The molecule has 0 amide bonds. The molecule has 0 unspecified atom stereocenters. The number of quaternary nitrogens is 1. The Hall–Kier alpha value is -1.02. The average molecular weight is 204 g/mol. The summed E-state index contributed by atoms with van der Waals surface area (Å²) in [4.78, 5) is 3.87. The van der Waals surface area contributed by atoms with Crippen molar-refractivity contribution in [2.24, 2.45) is 0 Å². The Kier molecular flexibility index (Phi) is 2.96. The van der Waals surface area contributed by atoms with E-state index in [4.69, 9.17) is 0 Å². The number of hydrogen-bond acceptors (Lipinski definition) is 1. The number of benzene rings is 1. The van der Waals surface area contributed by atoms with Gasteiger partial charge in [0.1, 0.15) is 0 Å². The second-order valence-corrected chi connectivity index (χ2v) is 4.53. The van der Waals surface area contributed by atoms with Crippen LogP contribution in [0.25, 0.3) is 0 Å². The zero-order valence-electron chi connectivity index (χ0n) is 9.71. The van der Waals surface area contributed by atoms with E-state index in [1.165, 1.54) is 21.7 Å². The summed E-state index contributed by atoms with van der Waals surface area (Å²) in [5, 5.41) is 0. The first kappa shape index (κ1) is 10.5. The largest absolute Gasteiger partial charge is 0.465 e. The molecular weight excluding hydrogens is 184 g/mol. The lowest BCUT2D eigenvalue weighted by Crippen LogP contribution is -3.10. The average Bonchev–Trinajstić information content (AvgIpc) is 2.20. The van der Waals surface area contributed by atoms with E-state index < -0.39 is 0 Å². The van der Waals surface area contributed by atoms with Gasteiger partial charge in [0.05, 0.1) is 26.2 Å². The quantitative estimate of drug-likeness (QED) is 0.665. The highest BCUT2D eigenvalue weighted by molar-refractivity contribution is 5.54. The molecule has 0 spiro atoms. The highest BCUT2D eigenvalue weighted by Crippen LogP contribution is 2.20. The van der Waals surface area contributed by atoms with E-state index in [2.05, 4.69) is 44.0 Å². The third-order valence-corrected chi connectivity index (χ3v) is 3.16. The third-order valence-electron chi connectivity index (χ3n) is 3.16. The first-order chi connectivity index (χ1) is 7.16. The molecule has 0 radical (unpaired) electrons. The zero-order chi connectivity index (χ0) is 10.8. The van der Waals surface area contributed by atoms with Crippen LogP contribution in [-0.4, -0.2) is 26.2 Å². The molecule has 0 saturated carbocycles. The van der Waals surface area contributed by atoms with Crippen LogP contribution in [0.3, 0.4) is 0 Å². The van der Waals surface area contributed by atoms with Crippen molar-refractivity contribution in [3.63, 3.8) is 0 Å². The van der Waals surface area contributed by atoms with Crippen LogP contribution >= 0.6 is 0 Å². The van der Waals surface area contributed by atoms with Crippen molar-refractivity contribution >= 4 is 5.69 Å². The molecule has 15 heavy (non-hydrogen) atoms. The highest BCUT2D eigenvalue weighted by atomic mass is 15.2. The molecule has 1 saturated heterocycles. The maximum Gasteiger partial charge on any atom is 0.0709 e. The summed E-state index contributed by atoms with van der Waals surface area (Å²) < 4.78 is 0. The van der Waals surface area contributed by atoms with Gasteiger partial charge in [-0.15, -0.1) is 0 Å². The first-order valence-corrected chi connectivity index (χ1v) is 5.65. The van der Waals surface area contributed by atoms with Crippen molar-refractivity contribution in [2.45, 2.75) is 13.8 Å². The third kappa shape index (κ3) is 2.32. The number of anilines is 1. The van der Waals surface area contributed by atoms with Crippen molar-refractivity contribution < 1.29 is 4.90 Å². The van der Waals surface area contributed by atoms with Gasteiger partial charge in [0.2, 0.25) is 0 Å². The Balaban J connectivity index is 2.15. The molecule has 1 heterocycles. The molecule has 1 aliphatic rings. The van der Waals surface area contributed by atoms with Gasteiger partial charge < -0.3 is 9.80 Å². The van der Waals surface area contributed by atoms with E-state index in [0.717, 1.165) is 26.2 Å². The van der Waals surface area contributed by atoms with Crippen molar-refractivity contribution in [1.82, 2.24) is 0 Å². The van der Waals surface area contributed by atoms with E-state index in [-0.39, 0.29) is 0 Å². The Morgan fingerprint density at radius 2 is 1.87 bits per heavy atom. The molecular formula is C13H20N2. The Bertz CT molecular complexity index is 338. The molecule has 2 rings (SSSR count). The lowest BCUT2D eigenvalue weighted by atomic mass is 10.1. The van der Waals surface area contributed by atoms with E-state index in [1.54, 1.807) is 0 Å². The fourth-order valence-corrected chi connectivity index (χ4v) is 2.22. The van der Waals surface area contributed by atoms with Gasteiger partial charge in [-0.25, -0.2) is 0 Å². The molecule has 2 heteroatoms. The first-order valence-electron chi connectivity index (χ1n) is 5.65. The second-order valence-electron chi connectivity index (χ2n) is 4.53. The van der Waals surface area contributed by atoms with E-state index >= 15 is 0 Å².